The Morgan fingerprint density at radius 3 is 2.52 bits per heavy atom. The molecule has 0 spiro atoms. The third-order valence-electron chi connectivity index (χ3n) is 7.14. The van der Waals surface area contributed by atoms with Gasteiger partial charge in [0.05, 0.1) is 29.7 Å². The van der Waals surface area contributed by atoms with Crippen molar-refractivity contribution in [3.63, 3.8) is 0 Å². The van der Waals surface area contributed by atoms with Crippen molar-refractivity contribution in [2.24, 2.45) is 7.05 Å². The molecule has 5 aromatic rings. The number of methoxy groups -OCH3 is 1. The quantitative estimate of drug-likeness (QED) is 0.245. The van der Waals surface area contributed by atoms with E-state index in [4.69, 9.17) is 21.1 Å². The highest BCUT2D eigenvalue weighted by molar-refractivity contribution is 6.32. The zero-order valence-electron chi connectivity index (χ0n) is 22.1. The third-order valence-corrected chi connectivity index (χ3v) is 7.44. The molecule has 1 saturated heterocycles. The number of imidazole rings is 1. The molecule has 1 fully saturated rings. The van der Waals surface area contributed by atoms with Gasteiger partial charge in [-0.15, -0.1) is 0 Å². The number of nitrogens with zero attached hydrogens (tertiary/aromatic N) is 5. The van der Waals surface area contributed by atoms with Gasteiger partial charge in [-0.05, 0) is 66.8 Å². The van der Waals surface area contributed by atoms with E-state index in [1.807, 2.05) is 23.0 Å². The van der Waals surface area contributed by atoms with E-state index in [9.17, 15) is 4.79 Å². The lowest BCUT2D eigenvalue weighted by atomic mass is 9.96. The lowest BCUT2D eigenvalue weighted by Gasteiger charge is -2.22. The van der Waals surface area contributed by atoms with E-state index in [2.05, 4.69) is 10.1 Å². The number of pyridine rings is 1. The van der Waals surface area contributed by atoms with Crippen LogP contribution in [0.1, 0.15) is 25.5 Å². The molecule has 4 heterocycles. The number of rotatable bonds is 6. The summed E-state index contributed by atoms with van der Waals surface area (Å²) in [5.74, 6) is 0.0662. The lowest BCUT2D eigenvalue weighted by molar-refractivity contribution is -0.0394. The molecular weight excluding hydrogens is 533 g/mol. The van der Waals surface area contributed by atoms with Gasteiger partial charge in [0.1, 0.15) is 17.8 Å². The first-order chi connectivity index (χ1) is 19.4. The van der Waals surface area contributed by atoms with Gasteiger partial charge in [-0.3, -0.25) is 9.55 Å². The summed E-state index contributed by atoms with van der Waals surface area (Å²) in [5.41, 5.74) is 4.35. The monoisotopic (exact) mass is 559 g/mol. The van der Waals surface area contributed by atoms with Crippen LogP contribution in [0.25, 0.3) is 39.2 Å². The predicted molar refractivity (Wildman–Crippen MR) is 151 cm³/mol. The maximum Gasteiger partial charge on any atom is 0.332 e. The Morgan fingerprint density at radius 1 is 1.05 bits per heavy atom. The van der Waals surface area contributed by atoms with Gasteiger partial charge < -0.3 is 14.0 Å². The number of aryl methyl sites for hydroxylation is 1. The van der Waals surface area contributed by atoms with Crippen molar-refractivity contribution < 1.29 is 13.9 Å². The SMILES string of the molecule is COc1c(-c2ccnc(-c3cnn(C4CCCCO4)c3)c2)cc(F)cc1-c1ccc(-n2ccn(C)c2=O)c(Cl)c1. The second-order valence-corrected chi connectivity index (χ2v) is 10.1. The van der Waals surface area contributed by atoms with Crippen molar-refractivity contribution in [1.29, 1.82) is 0 Å². The number of hydrogen-bond donors (Lipinski definition) is 0. The molecule has 6 rings (SSSR count). The van der Waals surface area contributed by atoms with Crippen molar-refractivity contribution in [3.8, 4) is 44.9 Å². The van der Waals surface area contributed by atoms with E-state index in [1.54, 1.807) is 57.1 Å². The van der Waals surface area contributed by atoms with Gasteiger partial charge in [0.2, 0.25) is 0 Å². The summed E-state index contributed by atoms with van der Waals surface area (Å²) in [5, 5.41) is 4.85. The zero-order valence-corrected chi connectivity index (χ0v) is 22.8. The zero-order chi connectivity index (χ0) is 27.8. The van der Waals surface area contributed by atoms with Crippen molar-refractivity contribution in [2.75, 3.05) is 13.7 Å². The summed E-state index contributed by atoms with van der Waals surface area (Å²) in [6.45, 7) is 0.730. The maximum atomic E-state index is 15.1. The highest BCUT2D eigenvalue weighted by atomic mass is 35.5. The fourth-order valence-corrected chi connectivity index (χ4v) is 5.35. The molecule has 0 aliphatic carbocycles. The van der Waals surface area contributed by atoms with Crippen LogP contribution in [0.2, 0.25) is 5.02 Å². The van der Waals surface area contributed by atoms with Crippen LogP contribution in [-0.2, 0) is 11.8 Å². The molecule has 204 valence electrons. The fourth-order valence-electron chi connectivity index (χ4n) is 5.08. The average molecular weight is 560 g/mol. The molecule has 0 radical (unpaired) electrons. The first-order valence-electron chi connectivity index (χ1n) is 13.0. The highest BCUT2D eigenvalue weighted by Gasteiger charge is 2.20. The molecular formula is C30H27ClFN5O3. The molecule has 0 bridgehead atoms. The number of ether oxygens (including phenoxy) is 2. The Hall–Kier alpha value is -4.21. The van der Waals surface area contributed by atoms with Gasteiger partial charge in [0.25, 0.3) is 0 Å². The Balaban J connectivity index is 1.38. The summed E-state index contributed by atoms with van der Waals surface area (Å²) in [4.78, 5) is 17.0. The molecule has 0 saturated carbocycles. The second-order valence-electron chi connectivity index (χ2n) is 9.72. The molecule has 0 amide bonds. The van der Waals surface area contributed by atoms with E-state index in [1.165, 1.54) is 21.3 Å². The largest absolute Gasteiger partial charge is 0.495 e. The van der Waals surface area contributed by atoms with Gasteiger partial charge in [-0.2, -0.15) is 5.10 Å². The predicted octanol–water partition coefficient (Wildman–Crippen LogP) is 6.27. The molecule has 1 aliphatic rings. The van der Waals surface area contributed by atoms with E-state index >= 15 is 4.39 Å². The summed E-state index contributed by atoms with van der Waals surface area (Å²) < 4.78 is 31.5. The molecule has 3 aromatic heterocycles. The fraction of sp³-hybridized carbons (Fsp3) is 0.233. The van der Waals surface area contributed by atoms with Crippen LogP contribution in [0.4, 0.5) is 4.39 Å². The van der Waals surface area contributed by atoms with Crippen molar-refractivity contribution in [2.45, 2.75) is 25.5 Å². The molecule has 8 nitrogen and oxygen atoms in total. The minimum absolute atomic E-state index is 0.0738. The average Bonchev–Trinajstić information content (AvgIpc) is 3.60. The van der Waals surface area contributed by atoms with Crippen molar-refractivity contribution in [1.82, 2.24) is 23.9 Å². The standard InChI is InChI=1S/C30H27ClFN5O3/c1-35-10-11-36(30(35)38)27-7-6-19(13-25(27)31)23-15-22(32)16-24(29(23)39-2)20-8-9-33-26(14-20)21-17-34-37(18-21)28-5-3-4-12-40-28/h6-11,13-18,28H,3-5,12H2,1-2H3. The van der Waals surface area contributed by atoms with Crippen LogP contribution < -0.4 is 10.4 Å². The van der Waals surface area contributed by atoms with Crippen LogP contribution in [0.5, 0.6) is 5.75 Å². The van der Waals surface area contributed by atoms with Crippen molar-refractivity contribution in [3.05, 3.63) is 94.8 Å². The second kappa shape index (κ2) is 10.7. The van der Waals surface area contributed by atoms with Crippen LogP contribution in [0.3, 0.4) is 0 Å². The van der Waals surface area contributed by atoms with E-state index < -0.39 is 5.82 Å². The first kappa shape index (κ1) is 26.0. The molecule has 10 heteroatoms. The van der Waals surface area contributed by atoms with Gasteiger partial charge in [0, 0.05) is 55.1 Å². The normalized spacial score (nSPS) is 15.3. The summed E-state index contributed by atoms with van der Waals surface area (Å²) in [6, 6.07) is 11.8. The molecule has 1 unspecified atom stereocenters. The molecule has 1 aliphatic heterocycles. The van der Waals surface area contributed by atoms with Crippen molar-refractivity contribution >= 4 is 11.6 Å². The van der Waals surface area contributed by atoms with E-state index in [-0.39, 0.29) is 11.9 Å². The number of benzene rings is 2. The minimum Gasteiger partial charge on any atom is -0.495 e. The van der Waals surface area contributed by atoms with Crippen LogP contribution in [0.15, 0.2) is 78.2 Å². The number of hydrogen-bond acceptors (Lipinski definition) is 5. The Bertz CT molecular complexity index is 1750. The van der Waals surface area contributed by atoms with Gasteiger partial charge in [-0.1, -0.05) is 17.7 Å². The summed E-state index contributed by atoms with van der Waals surface area (Å²) >= 11 is 6.61. The Morgan fingerprint density at radius 2 is 1.85 bits per heavy atom. The summed E-state index contributed by atoms with van der Waals surface area (Å²) in [7, 11) is 3.22. The molecule has 2 aromatic carbocycles. The molecule has 40 heavy (non-hydrogen) atoms. The Kier molecular flexibility index (Phi) is 7.00. The van der Waals surface area contributed by atoms with Crippen LogP contribution in [-0.4, -0.2) is 37.6 Å². The Labute approximate surface area is 235 Å². The van der Waals surface area contributed by atoms with Crippen LogP contribution in [0, 0.1) is 5.82 Å². The highest BCUT2D eigenvalue weighted by Crippen LogP contribution is 2.41. The number of aromatic nitrogens is 5. The first-order valence-corrected chi connectivity index (χ1v) is 13.3. The topological polar surface area (TPSA) is 76.1 Å². The third kappa shape index (κ3) is 4.82. The van der Waals surface area contributed by atoms with Gasteiger partial charge in [0.15, 0.2) is 0 Å². The smallest absolute Gasteiger partial charge is 0.332 e. The van der Waals surface area contributed by atoms with Crippen LogP contribution >= 0.6 is 11.6 Å². The maximum absolute atomic E-state index is 15.1. The van der Waals surface area contributed by atoms with E-state index in [0.717, 1.165) is 37.0 Å². The lowest BCUT2D eigenvalue weighted by Crippen LogP contribution is -2.20. The summed E-state index contributed by atoms with van der Waals surface area (Å²) in [6.07, 6.45) is 11.7. The van der Waals surface area contributed by atoms with E-state index in [0.29, 0.717) is 38.8 Å². The number of halogens is 2. The molecule has 1 atom stereocenters. The van der Waals surface area contributed by atoms with Gasteiger partial charge >= 0.3 is 5.69 Å². The van der Waals surface area contributed by atoms with Gasteiger partial charge in [-0.25, -0.2) is 13.9 Å². The minimum atomic E-state index is -0.425. The molecule has 0 N–H and O–H groups in total.